The maximum absolute atomic E-state index is 12.9. The van der Waals surface area contributed by atoms with Gasteiger partial charge >= 0.3 is 0 Å². The first-order valence-electron chi connectivity index (χ1n) is 9.80. The summed E-state index contributed by atoms with van der Waals surface area (Å²) < 4.78 is 1.93. The monoisotopic (exact) mass is 415 g/mol. The molecule has 0 aliphatic carbocycles. The summed E-state index contributed by atoms with van der Waals surface area (Å²) in [5, 5.41) is 5.63. The molecule has 1 aliphatic heterocycles. The van der Waals surface area contributed by atoms with Gasteiger partial charge in [-0.3, -0.25) is 15.1 Å². The van der Waals surface area contributed by atoms with Gasteiger partial charge in [-0.25, -0.2) is 4.98 Å². The Labute approximate surface area is 178 Å². The number of rotatable bonds is 5. The van der Waals surface area contributed by atoms with Crippen LogP contribution in [0.4, 0.5) is 10.8 Å². The lowest BCUT2D eigenvalue weighted by Gasteiger charge is -2.20. The summed E-state index contributed by atoms with van der Waals surface area (Å²) in [6.07, 6.45) is 6.36. The molecule has 0 saturated carbocycles. The number of benzene rings is 1. The Morgan fingerprint density at radius 3 is 2.83 bits per heavy atom. The normalized spacial score (nSPS) is 15.2. The van der Waals surface area contributed by atoms with Crippen molar-refractivity contribution in [2.45, 2.75) is 19.0 Å². The van der Waals surface area contributed by atoms with Crippen LogP contribution in [-0.2, 0) is 13.0 Å². The van der Waals surface area contributed by atoms with Crippen LogP contribution in [0.3, 0.4) is 0 Å². The molecule has 4 aromatic rings. The van der Waals surface area contributed by atoms with Gasteiger partial charge in [-0.05, 0) is 41.5 Å². The van der Waals surface area contributed by atoms with Gasteiger partial charge in [0, 0.05) is 49.7 Å². The minimum Gasteiger partial charge on any atom is -0.365 e. The average Bonchev–Trinajstić information content (AvgIpc) is 3.48. The van der Waals surface area contributed by atoms with E-state index in [0.29, 0.717) is 17.4 Å². The quantitative estimate of drug-likeness (QED) is 0.526. The number of nitrogens with zero attached hydrogens (tertiary/aromatic N) is 4. The van der Waals surface area contributed by atoms with E-state index in [1.54, 1.807) is 12.4 Å². The SMILES string of the molecule is CN1c2ccccc2C[C@@H]1c1csc(NC(=O)c2cccn2Cc2ccncc2)n1. The van der Waals surface area contributed by atoms with Crippen molar-refractivity contribution in [1.29, 1.82) is 0 Å². The Kier molecular flexibility index (Phi) is 4.80. The predicted molar refractivity (Wildman–Crippen MR) is 119 cm³/mol. The van der Waals surface area contributed by atoms with Gasteiger partial charge in [-0.1, -0.05) is 18.2 Å². The molecule has 30 heavy (non-hydrogen) atoms. The molecular weight excluding hydrogens is 394 g/mol. The van der Waals surface area contributed by atoms with E-state index in [-0.39, 0.29) is 11.9 Å². The van der Waals surface area contributed by atoms with E-state index in [9.17, 15) is 4.79 Å². The van der Waals surface area contributed by atoms with Crippen LogP contribution >= 0.6 is 11.3 Å². The number of amides is 1. The molecule has 150 valence electrons. The van der Waals surface area contributed by atoms with Gasteiger partial charge in [0.05, 0.1) is 11.7 Å². The van der Waals surface area contributed by atoms with Crippen LogP contribution in [-0.4, -0.2) is 27.5 Å². The first-order valence-corrected chi connectivity index (χ1v) is 10.7. The van der Waals surface area contributed by atoms with Crippen LogP contribution in [0.2, 0.25) is 0 Å². The van der Waals surface area contributed by atoms with Gasteiger partial charge in [-0.2, -0.15) is 0 Å². The highest BCUT2D eigenvalue weighted by atomic mass is 32.1. The molecule has 0 unspecified atom stereocenters. The maximum Gasteiger partial charge on any atom is 0.274 e. The Hall–Kier alpha value is -3.45. The second-order valence-electron chi connectivity index (χ2n) is 7.37. The highest BCUT2D eigenvalue weighted by Crippen LogP contribution is 2.39. The van der Waals surface area contributed by atoms with Gasteiger partial charge in [0.25, 0.3) is 5.91 Å². The lowest BCUT2D eigenvalue weighted by molar-refractivity contribution is 0.101. The van der Waals surface area contributed by atoms with E-state index in [1.165, 1.54) is 22.6 Å². The first kappa shape index (κ1) is 18.6. The van der Waals surface area contributed by atoms with Gasteiger partial charge < -0.3 is 9.47 Å². The fraction of sp³-hybridized carbons (Fsp3) is 0.174. The van der Waals surface area contributed by atoms with E-state index in [4.69, 9.17) is 4.98 Å². The second kappa shape index (κ2) is 7.76. The standard InChI is InChI=1S/C23H21N5OS/c1-27-19-6-3-2-5-17(19)13-21(27)18-15-30-23(25-18)26-22(29)20-7-4-12-28(20)14-16-8-10-24-11-9-16/h2-12,15,21H,13-14H2,1H3,(H,25,26,29)/t21-/m1/s1. The van der Waals surface area contributed by atoms with Crippen LogP contribution < -0.4 is 10.2 Å². The number of nitrogens with one attached hydrogen (secondary N) is 1. The van der Waals surface area contributed by atoms with E-state index in [2.05, 4.69) is 46.5 Å². The number of carbonyl (C=O) groups is 1. The molecular formula is C23H21N5OS. The van der Waals surface area contributed by atoms with E-state index in [1.807, 2.05) is 40.4 Å². The third-order valence-corrected chi connectivity index (χ3v) is 6.28. The van der Waals surface area contributed by atoms with Gasteiger partial charge in [0.2, 0.25) is 0 Å². The van der Waals surface area contributed by atoms with E-state index < -0.39 is 0 Å². The smallest absolute Gasteiger partial charge is 0.274 e. The second-order valence-corrected chi connectivity index (χ2v) is 8.23. The summed E-state index contributed by atoms with van der Waals surface area (Å²) in [7, 11) is 2.10. The molecule has 1 N–H and O–H groups in total. The zero-order valence-electron chi connectivity index (χ0n) is 16.5. The highest BCUT2D eigenvalue weighted by Gasteiger charge is 2.29. The number of aromatic nitrogens is 3. The molecule has 0 fully saturated rings. The van der Waals surface area contributed by atoms with Crippen molar-refractivity contribution in [2.75, 3.05) is 17.3 Å². The van der Waals surface area contributed by atoms with Crippen molar-refractivity contribution in [3.8, 4) is 0 Å². The molecule has 4 heterocycles. The van der Waals surface area contributed by atoms with Crippen LogP contribution in [0, 0.1) is 0 Å². The maximum atomic E-state index is 12.9. The van der Waals surface area contributed by atoms with E-state index in [0.717, 1.165) is 17.7 Å². The summed E-state index contributed by atoms with van der Waals surface area (Å²) in [5.74, 6) is -0.155. The fourth-order valence-electron chi connectivity index (χ4n) is 3.94. The minimum atomic E-state index is -0.155. The topological polar surface area (TPSA) is 63.1 Å². The molecule has 7 heteroatoms. The number of anilines is 2. The van der Waals surface area contributed by atoms with Crippen molar-refractivity contribution >= 4 is 28.1 Å². The van der Waals surface area contributed by atoms with Gasteiger partial charge in [0.1, 0.15) is 5.69 Å². The predicted octanol–water partition coefficient (Wildman–Crippen LogP) is 4.37. The third kappa shape index (κ3) is 3.48. The van der Waals surface area contributed by atoms with Crippen molar-refractivity contribution in [2.24, 2.45) is 0 Å². The molecule has 0 bridgehead atoms. The number of hydrogen-bond acceptors (Lipinski definition) is 5. The fourth-order valence-corrected chi connectivity index (χ4v) is 4.70. The molecule has 0 radical (unpaired) electrons. The number of para-hydroxylation sites is 1. The van der Waals surface area contributed by atoms with Crippen molar-refractivity contribution in [1.82, 2.24) is 14.5 Å². The zero-order valence-corrected chi connectivity index (χ0v) is 17.3. The van der Waals surface area contributed by atoms with Crippen LogP contribution in [0.15, 0.2) is 72.5 Å². The zero-order chi connectivity index (χ0) is 20.5. The van der Waals surface area contributed by atoms with Crippen molar-refractivity contribution < 1.29 is 4.79 Å². The number of carbonyl (C=O) groups excluding carboxylic acids is 1. The molecule has 0 spiro atoms. The van der Waals surface area contributed by atoms with Crippen molar-refractivity contribution in [3.63, 3.8) is 0 Å². The Balaban J connectivity index is 1.30. The molecule has 1 amide bonds. The van der Waals surface area contributed by atoms with Crippen LogP contribution in [0.1, 0.15) is 33.4 Å². The van der Waals surface area contributed by atoms with Gasteiger partial charge in [-0.15, -0.1) is 11.3 Å². The molecule has 1 atom stereocenters. The Morgan fingerprint density at radius 2 is 2.00 bits per heavy atom. The molecule has 0 saturated heterocycles. The average molecular weight is 416 g/mol. The number of likely N-dealkylation sites (N-methyl/N-ethyl adjacent to an activating group) is 1. The molecule has 1 aliphatic rings. The number of pyridine rings is 1. The Bertz CT molecular complexity index is 1180. The first-order chi connectivity index (χ1) is 14.7. The summed E-state index contributed by atoms with van der Waals surface area (Å²) >= 11 is 1.47. The third-order valence-electron chi connectivity index (χ3n) is 5.50. The van der Waals surface area contributed by atoms with Crippen molar-refractivity contribution in [3.05, 3.63) is 95.0 Å². The summed E-state index contributed by atoms with van der Waals surface area (Å²) in [6, 6.07) is 16.2. The van der Waals surface area contributed by atoms with Crippen LogP contribution in [0.5, 0.6) is 0 Å². The van der Waals surface area contributed by atoms with Gasteiger partial charge in [0.15, 0.2) is 5.13 Å². The Morgan fingerprint density at radius 1 is 1.17 bits per heavy atom. The summed E-state index contributed by atoms with van der Waals surface area (Å²) in [4.78, 5) is 23.9. The molecule has 5 rings (SSSR count). The minimum absolute atomic E-state index is 0.155. The molecule has 1 aromatic carbocycles. The highest BCUT2D eigenvalue weighted by molar-refractivity contribution is 7.14. The number of fused-ring (bicyclic) bond motifs is 1. The molecule has 6 nitrogen and oxygen atoms in total. The number of thiazole rings is 1. The number of hydrogen-bond donors (Lipinski definition) is 1. The lowest BCUT2D eigenvalue weighted by Crippen LogP contribution is -2.20. The van der Waals surface area contributed by atoms with Crippen LogP contribution in [0.25, 0.3) is 0 Å². The summed E-state index contributed by atoms with van der Waals surface area (Å²) in [5.41, 5.74) is 5.26. The summed E-state index contributed by atoms with van der Waals surface area (Å²) in [6.45, 7) is 0.618. The van der Waals surface area contributed by atoms with E-state index >= 15 is 0 Å². The lowest BCUT2D eigenvalue weighted by atomic mass is 10.1. The molecule has 3 aromatic heterocycles. The largest absolute Gasteiger partial charge is 0.365 e.